The number of nitrogens with two attached hydrogens (primary N) is 1. The van der Waals surface area contributed by atoms with Crippen LogP contribution >= 0.6 is 11.3 Å². The summed E-state index contributed by atoms with van der Waals surface area (Å²) in [5.41, 5.74) is 8.20. The summed E-state index contributed by atoms with van der Waals surface area (Å²) in [6.07, 6.45) is 1.62. The zero-order valence-electron chi connectivity index (χ0n) is 11.1. The average molecular weight is 271 g/mol. The maximum atomic E-state index is 8.65. The van der Waals surface area contributed by atoms with E-state index in [4.69, 9.17) is 15.7 Å². The summed E-state index contributed by atoms with van der Waals surface area (Å²) in [5, 5.41) is 11.7. The third-order valence-electron chi connectivity index (χ3n) is 2.99. The fourth-order valence-corrected chi connectivity index (χ4v) is 2.19. The van der Waals surface area contributed by atoms with E-state index in [1.807, 2.05) is 26.3 Å². The number of rotatable bonds is 7. The Morgan fingerprint density at radius 3 is 2.83 bits per heavy atom. The van der Waals surface area contributed by atoms with Gasteiger partial charge < -0.3 is 15.7 Å². The summed E-state index contributed by atoms with van der Waals surface area (Å²) in [6.45, 7) is 7.14. The molecule has 0 amide bonds. The Bertz CT molecular complexity index is 402. The molecule has 1 aromatic heterocycles. The standard InChI is InChI=1S/C12H21N3O2S/c1-9-10(18-8-14-9)4-6-17-7-5-12(2,3)11(13)15-16/h8,16H,4-7H2,1-3H3,(H2,13,15). The normalized spacial score (nSPS) is 12.9. The minimum atomic E-state index is -0.338. The maximum Gasteiger partial charge on any atom is 0.144 e. The van der Waals surface area contributed by atoms with E-state index in [0.717, 1.165) is 18.5 Å². The minimum Gasteiger partial charge on any atom is -0.409 e. The van der Waals surface area contributed by atoms with E-state index >= 15 is 0 Å². The lowest BCUT2D eigenvalue weighted by Crippen LogP contribution is -2.33. The number of ether oxygens (including phenoxy) is 1. The third-order valence-corrected chi connectivity index (χ3v) is 3.99. The molecule has 0 aliphatic rings. The van der Waals surface area contributed by atoms with Crippen LogP contribution in [0.2, 0.25) is 0 Å². The number of aryl methyl sites for hydroxylation is 1. The zero-order valence-corrected chi connectivity index (χ0v) is 12.0. The van der Waals surface area contributed by atoms with Gasteiger partial charge in [-0.3, -0.25) is 0 Å². The van der Waals surface area contributed by atoms with Crippen LogP contribution in [-0.2, 0) is 11.2 Å². The van der Waals surface area contributed by atoms with Crippen LogP contribution in [0.15, 0.2) is 10.7 Å². The first-order chi connectivity index (χ1) is 8.47. The van der Waals surface area contributed by atoms with Gasteiger partial charge in [0.25, 0.3) is 0 Å². The summed E-state index contributed by atoms with van der Waals surface area (Å²) >= 11 is 1.66. The number of oxime groups is 1. The monoisotopic (exact) mass is 271 g/mol. The topological polar surface area (TPSA) is 80.7 Å². The summed E-state index contributed by atoms with van der Waals surface area (Å²) in [5.74, 6) is 0.240. The van der Waals surface area contributed by atoms with E-state index in [1.165, 1.54) is 4.88 Å². The molecule has 0 spiro atoms. The molecule has 1 heterocycles. The van der Waals surface area contributed by atoms with Crippen molar-refractivity contribution < 1.29 is 9.94 Å². The van der Waals surface area contributed by atoms with Crippen LogP contribution in [0.5, 0.6) is 0 Å². The van der Waals surface area contributed by atoms with Crippen molar-refractivity contribution in [2.75, 3.05) is 13.2 Å². The summed E-state index contributed by atoms with van der Waals surface area (Å²) < 4.78 is 5.58. The van der Waals surface area contributed by atoms with Gasteiger partial charge in [-0.05, 0) is 13.3 Å². The van der Waals surface area contributed by atoms with Gasteiger partial charge in [0.1, 0.15) is 5.84 Å². The molecule has 1 rings (SSSR count). The van der Waals surface area contributed by atoms with Crippen LogP contribution in [0, 0.1) is 12.3 Å². The van der Waals surface area contributed by atoms with Crippen LogP contribution in [0.3, 0.4) is 0 Å². The van der Waals surface area contributed by atoms with Crippen molar-refractivity contribution in [3.05, 3.63) is 16.1 Å². The summed E-state index contributed by atoms with van der Waals surface area (Å²) in [6, 6.07) is 0. The lowest BCUT2D eigenvalue weighted by atomic mass is 9.88. The van der Waals surface area contributed by atoms with Gasteiger partial charge in [0.2, 0.25) is 0 Å². The number of amidine groups is 1. The molecule has 6 heteroatoms. The van der Waals surface area contributed by atoms with Crippen LogP contribution in [0.1, 0.15) is 30.8 Å². The SMILES string of the molecule is Cc1ncsc1CCOCCC(C)(C)C(N)=NO. The highest BCUT2D eigenvalue weighted by molar-refractivity contribution is 7.09. The number of aromatic nitrogens is 1. The van der Waals surface area contributed by atoms with Gasteiger partial charge >= 0.3 is 0 Å². The van der Waals surface area contributed by atoms with Gasteiger partial charge in [-0.15, -0.1) is 11.3 Å². The Balaban J connectivity index is 2.22. The predicted molar refractivity (Wildman–Crippen MR) is 73.2 cm³/mol. The summed E-state index contributed by atoms with van der Waals surface area (Å²) in [7, 11) is 0. The lowest BCUT2D eigenvalue weighted by Gasteiger charge is -2.22. The van der Waals surface area contributed by atoms with E-state index in [2.05, 4.69) is 10.1 Å². The fourth-order valence-electron chi connectivity index (χ4n) is 1.42. The number of hydrogen-bond donors (Lipinski definition) is 2. The molecule has 0 saturated carbocycles. The van der Waals surface area contributed by atoms with Crippen molar-refractivity contribution in [2.24, 2.45) is 16.3 Å². The first-order valence-corrected chi connectivity index (χ1v) is 6.80. The third kappa shape index (κ3) is 4.27. The molecule has 1 aromatic rings. The molecule has 0 radical (unpaired) electrons. The second kappa shape index (κ2) is 6.70. The van der Waals surface area contributed by atoms with E-state index in [-0.39, 0.29) is 11.3 Å². The smallest absolute Gasteiger partial charge is 0.144 e. The highest BCUT2D eigenvalue weighted by Gasteiger charge is 2.23. The first kappa shape index (κ1) is 14.9. The van der Waals surface area contributed by atoms with Gasteiger partial charge in [0, 0.05) is 23.3 Å². The Morgan fingerprint density at radius 2 is 2.28 bits per heavy atom. The Kier molecular flexibility index (Phi) is 5.55. The fraction of sp³-hybridized carbons (Fsp3) is 0.667. The number of hydrogen-bond acceptors (Lipinski definition) is 5. The number of thiazole rings is 1. The Morgan fingerprint density at radius 1 is 1.56 bits per heavy atom. The van der Waals surface area contributed by atoms with Crippen molar-refractivity contribution in [1.29, 1.82) is 0 Å². The van der Waals surface area contributed by atoms with Crippen LogP contribution < -0.4 is 5.73 Å². The molecule has 0 aromatic carbocycles. The second-order valence-corrected chi connectivity index (χ2v) is 5.78. The number of nitrogens with zero attached hydrogens (tertiary/aromatic N) is 2. The molecule has 5 nitrogen and oxygen atoms in total. The van der Waals surface area contributed by atoms with E-state index in [0.29, 0.717) is 13.2 Å². The zero-order chi connectivity index (χ0) is 13.6. The van der Waals surface area contributed by atoms with E-state index < -0.39 is 0 Å². The molecule has 0 bridgehead atoms. The van der Waals surface area contributed by atoms with E-state index in [1.54, 1.807) is 11.3 Å². The molecule has 18 heavy (non-hydrogen) atoms. The van der Waals surface area contributed by atoms with Crippen molar-refractivity contribution in [2.45, 2.75) is 33.6 Å². The molecule has 0 fully saturated rings. The van der Waals surface area contributed by atoms with Crippen LogP contribution in [-0.4, -0.2) is 29.2 Å². The molecule has 3 N–H and O–H groups in total. The summed E-state index contributed by atoms with van der Waals surface area (Å²) in [4.78, 5) is 5.46. The van der Waals surface area contributed by atoms with Crippen molar-refractivity contribution in [3.8, 4) is 0 Å². The van der Waals surface area contributed by atoms with Crippen molar-refractivity contribution in [1.82, 2.24) is 4.98 Å². The quantitative estimate of drug-likeness (QED) is 0.262. The lowest BCUT2D eigenvalue weighted by molar-refractivity contribution is 0.119. The maximum absolute atomic E-state index is 8.65. The molecule has 0 unspecified atom stereocenters. The molecule has 0 aliphatic heterocycles. The predicted octanol–water partition coefficient (Wildman–Crippen LogP) is 2.17. The van der Waals surface area contributed by atoms with Crippen molar-refractivity contribution in [3.63, 3.8) is 0 Å². The molecule has 0 atom stereocenters. The Hall–Kier alpha value is -1.14. The Labute approximate surface area is 112 Å². The molecule has 0 saturated heterocycles. The molecule has 102 valence electrons. The molecular formula is C12H21N3O2S. The molecule has 0 aliphatic carbocycles. The highest BCUT2D eigenvalue weighted by Crippen LogP contribution is 2.20. The van der Waals surface area contributed by atoms with Gasteiger partial charge in [0.15, 0.2) is 0 Å². The second-order valence-electron chi connectivity index (χ2n) is 4.84. The largest absolute Gasteiger partial charge is 0.409 e. The van der Waals surface area contributed by atoms with Crippen LogP contribution in [0.4, 0.5) is 0 Å². The van der Waals surface area contributed by atoms with Gasteiger partial charge in [-0.25, -0.2) is 4.98 Å². The van der Waals surface area contributed by atoms with Crippen LogP contribution in [0.25, 0.3) is 0 Å². The van der Waals surface area contributed by atoms with Crippen molar-refractivity contribution >= 4 is 17.2 Å². The van der Waals surface area contributed by atoms with Gasteiger partial charge in [-0.2, -0.15) is 0 Å². The average Bonchev–Trinajstić information content (AvgIpc) is 2.73. The van der Waals surface area contributed by atoms with Gasteiger partial charge in [0.05, 0.1) is 17.8 Å². The van der Waals surface area contributed by atoms with E-state index in [9.17, 15) is 0 Å². The molecular weight excluding hydrogens is 250 g/mol. The first-order valence-electron chi connectivity index (χ1n) is 5.92. The highest BCUT2D eigenvalue weighted by atomic mass is 32.1. The van der Waals surface area contributed by atoms with Gasteiger partial charge in [-0.1, -0.05) is 19.0 Å². The minimum absolute atomic E-state index is 0.240.